The van der Waals surface area contributed by atoms with Gasteiger partial charge in [-0.25, -0.2) is 9.97 Å². The fourth-order valence-electron chi connectivity index (χ4n) is 3.10. The Hall–Kier alpha value is -2.54. The molecule has 0 unspecified atom stereocenters. The molecule has 0 atom stereocenters. The number of ether oxygens (including phenoxy) is 1. The molecule has 0 amide bonds. The van der Waals surface area contributed by atoms with E-state index >= 15 is 0 Å². The average molecular weight is 327 g/mol. The van der Waals surface area contributed by atoms with Crippen molar-refractivity contribution < 1.29 is 9.13 Å². The molecule has 3 aromatic rings. The van der Waals surface area contributed by atoms with Gasteiger partial charge >= 0.3 is 0 Å². The maximum absolute atomic E-state index is 13.1. The van der Waals surface area contributed by atoms with E-state index in [1.807, 2.05) is 17.8 Å². The van der Waals surface area contributed by atoms with Gasteiger partial charge in [-0.3, -0.25) is 0 Å². The third-order valence-corrected chi connectivity index (χ3v) is 4.32. The molecule has 1 aliphatic heterocycles. The molecule has 0 spiro atoms. The fraction of sp³-hybridized carbons (Fsp3) is 0.353. The van der Waals surface area contributed by atoms with Crippen molar-refractivity contribution in [3.05, 3.63) is 36.8 Å². The summed E-state index contributed by atoms with van der Waals surface area (Å²) in [6.07, 6.45) is 7.06. The smallest absolute Gasteiger partial charge is 0.242 e. The first-order chi connectivity index (χ1) is 11.7. The van der Waals surface area contributed by atoms with Crippen LogP contribution in [0.4, 0.5) is 4.39 Å². The summed E-state index contributed by atoms with van der Waals surface area (Å²) < 4.78 is 21.2. The molecule has 6 nitrogen and oxygen atoms in total. The van der Waals surface area contributed by atoms with Gasteiger partial charge in [-0.1, -0.05) is 0 Å². The molecule has 0 bridgehead atoms. The minimum atomic E-state index is -0.497. The number of nitrogens with one attached hydrogen (secondary N) is 1. The van der Waals surface area contributed by atoms with E-state index in [0.29, 0.717) is 5.88 Å². The third kappa shape index (κ3) is 2.71. The van der Waals surface area contributed by atoms with E-state index in [0.717, 1.165) is 48.1 Å². The second kappa shape index (κ2) is 6.16. The highest BCUT2D eigenvalue weighted by Crippen LogP contribution is 2.32. The number of hydrogen-bond acceptors (Lipinski definition) is 5. The lowest BCUT2D eigenvalue weighted by Gasteiger charge is -2.23. The van der Waals surface area contributed by atoms with Crippen LogP contribution >= 0.6 is 0 Å². The summed E-state index contributed by atoms with van der Waals surface area (Å²) in [5, 5.41) is 3.32. The first-order valence-corrected chi connectivity index (χ1v) is 8.01. The summed E-state index contributed by atoms with van der Waals surface area (Å²) in [5.74, 6) is 0.0965. The number of rotatable bonds is 3. The van der Waals surface area contributed by atoms with E-state index in [9.17, 15) is 4.39 Å². The molecular weight excluding hydrogens is 309 g/mol. The number of nitrogens with zero attached hydrogens (tertiary/aromatic N) is 4. The van der Waals surface area contributed by atoms with Crippen LogP contribution in [-0.2, 0) is 7.05 Å². The number of pyridine rings is 1. The minimum absolute atomic E-state index is 0.162. The fourth-order valence-corrected chi connectivity index (χ4v) is 3.10. The quantitative estimate of drug-likeness (QED) is 0.748. The first kappa shape index (κ1) is 15.0. The summed E-state index contributed by atoms with van der Waals surface area (Å²) in [6, 6.07) is 3.05. The second-order valence-corrected chi connectivity index (χ2v) is 5.97. The molecule has 4 rings (SSSR count). The van der Waals surface area contributed by atoms with Gasteiger partial charge in [-0.05, 0) is 38.1 Å². The number of hydrogen-bond donors (Lipinski definition) is 1. The van der Waals surface area contributed by atoms with Gasteiger partial charge in [-0.15, -0.1) is 0 Å². The van der Waals surface area contributed by atoms with Gasteiger partial charge in [0.25, 0.3) is 0 Å². The van der Waals surface area contributed by atoms with E-state index in [2.05, 4.69) is 20.3 Å². The average Bonchev–Trinajstić information content (AvgIpc) is 2.95. The van der Waals surface area contributed by atoms with Gasteiger partial charge in [-0.2, -0.15) is 9.37 Å². The van der Waals surface area contributed by atoms with Crippen LogP contribution in [0.3, 0.4) is 0 Å². The molecule has 7 heteroatoms. The molecule has 4 heterocycles. The predicted molar refractivity (Wildman–Crippen MR) is 88.2 cm³/mol. The van der Waals surface area contributed by atoms with Crippen LogP contribution in [0.2, 0.25) is 0 Å². The summed E-state index contributed by atoms with van der Waals surface area (Å²) >= 11 is 0. The van der Waals surface area contributed by atoms with Crippen LogP contribution in [0.5, 0.6) is 5.88 Å². The number of aryl methyl sites for hydroxylation is 1. The molecule has 1 fully saturated rings. The SMILES string of the molecule is Cn1cc(-c2ccc(F)nc2)c2ncnc(OC3CCNCC3)c21. The normalized spacial score (nSPS) is 15.8. The summed E-state index contributed by atoms with van der Waals surface area (Å²) in [7, 11) is 1.93. The van der Waals surface area contributed by atoms with Crippen molar-refractivity contribution in [1.82, 2.24) is 24.8 Å². The molecular formula is C17H18FN5O. The highest BCUT2D eigenvalue weighted by atomic mass is 19.1. The van der Waals surface area contributed by atoms with E-state index in [1.165, 1.54) is 18.6 Å². The van der Waals surface area contributed by atoms with Crippen molar-refractivity contribution in [2.45, 2.75) is 18.9 Å². The van der Waals surface area contributed by atoms with Crippen LogP contribution in [0.25, 0.3) is 22.2 Å². The van der Waals surface area contributed by atoms with Crippen LogP contribution in [0.1, 0.15) is 12.8 Å². The zero-order chi connectivity index (χ0) is 16.5. The minimum Gasteiger partial charge on any atom is -0.473 e. The van der Waals surface area contributed by atoms with Crippen molar-refractivity contribution in [3.8, 4) is 17.0 Å². The lowest BCUT2D eigenvalue weighted by Crippen LogP contribution is -2.34. The summed E-state index contributed by atoms with van der Waals surface area (Å²) in [4.78, 5) is 12.5. The molecule has 3 aromatic heterocycles. The van der Waals surface area contributed by atoms with E-state index in [-0.39, 0.29) is 6.10 Å². The predicted octanol–water partition coefficient (Wildman–Crippen LogP) is 2.30. The molecule has 1 N–H and O–H groups in total. The van der Waals surface area contributed by atoms with E-state index < -0.39 is 5.95 Å². The van der Waals surface area contributed by atoms with Gasteiger partial charge in [0.05, 0.1) is 0 Å². The maximum atomic E-state index is 13.1. The Kier molecular flexibility index (Phi) is 3.86. The van der Waals surface area contributed by atoms with Crippen molar-refractivity contribution in [2.75, 3.05) is 13.1 Å². The number of piperidine rings is 1. The van der Waals surface area contributed by atoms with Crippen molar-refractivity contribution in [2.24, 2.45) is 7.05 Å². The Morgan fingerprint density at radius 2 is 2.04 bits per heavy atom. The molecule has 124 valence electrons. The van der Waals surface area contributed by atoms with E-state index in [4.69, 9.17) is 4.74 Å². The lowest BCUT2D eigenvalue weighted by molar-refractivity contribution is 0.157. The zero-order valence-corrected chi connectivity index (χ0v) is 13.4. The number of aromatic nitrogens is 4. The Balaban J connectivity index is 1.76. The van der Waals surface area contributed by atoms with Gasteiger partial charge in [0, 0.05) is 30.6 Å². The highest BCUT2D eigenvalue weighted by Gasteiger charge is 2.20. The Morgan fingerprint density at radius 1 is 1.21 bits per heavy atom. The number of fused-ring (bicyclic) bond motifs is 1. The lowest BCUT2D eigenvalue weighted by atomic mass is 10.1. The standard InChI is InChI=1S/C17H18FN5O/c1-23-9-13(11-2-3-14(18)20-8-11)15-16(23)17(22-10-21-15)24-12-4-6-19-7-5-12/h2-3,8-10,12,19H,4-7H2,1H3. The van der Waals surface area contributed by atoms with Crippen molar-refractivity contribution in [1.29, 1.82) is 0 Å². The zero-order valence-electron chi connectivity index (χ0n) is 13.4. The Bertz CT molecular complexity index is 855. The monoisotopic (exact) mass is 327 g/mol. The van der Waals surface area contributed by atoms with Gasteiger partial charge in [0.1, 0.15) is 23.5 Å². The molecule has 0 radical (unpaired) electrons. The van der Waals surface area contributed by atoms with Crippen molar-refractivity contribution in [3.63, 3.8) is 0 Å². The van der Waals surface area contributed by atoms with Crippen LogP contribution in [0, 0.1) is 5.95 Å². The van der Waals surface area contributed by atoms with Gasteiger partial charge < -0.3 is 14.6 Å². The van der Waals surface area contributed by atoms with E-state index in [1.54, 1.807) is 6.07 Å². The number of halogens is 1. The van der Waals surface area contributed by atoms with Crippen LogP contribution in [-0.4, -0.2) is 38.7 Å². The van der Waals surface area contributed by atoms with Gasteiger partial charge in [0.15, 0.2) is 0 Å². The molecule has 0 aromatic carbocycles. The Morgan fingerprint density at radius 3 is 2.79 bits per heavy atom. The molecule has 24 heavy (non-hydrogen) atoms. The molecule has 0 saturated carbocycles. The molecule has 1 saturated heterocycles. The summed E-state index contributed by atoms with van der Waals surface area (Å²) in [6.45, 7) is 1.91. The third-order valence-electron chi connectivity index (χ3n) is 4.32. The maximum Gasteiger partial charge on any atom is 0.242 e. The molecule has 1 aliphatic rings. The largest absolute Gasteiger partial charge is 0.473 e. The highest BCUT2D eigenvalue weighted by molar-refractivity contribution is 5.95. The van der Waals surface area contributed by atoms with Gasteiger partial charge in [0.2, 0.25) is 11.8 Å². The molecule has 0 aliphatic carbocycles. The van der Waals surface area contributed by atoms with Crippen molar-refractivity contribution >= 4 is 11.0 Å². The van der Waals surface area contributed by atoms with Crippen LogP contribution < -0.4 is 10.1 Å². The first-order valence-electron chi connectivity index (χ1n) is 8.01. The topological polar surface area (TPSA) is 64.9 Å². The summed E-state index contributed by atoms with van der Waals surface area (Å²) in [5.41, 5.74) is 3.33. The second-order valence-electron chi connectivity index (χ2n) is 5.97. The Labute approximate surface area is 138 Å². The van der Waals surface area contributed by atoms with Crippen LogP contribution in [0.15, 0.2) is 30.9 Å².